The fraction of sp³-hybridized carbons (Fsp3) is 0.500. The van der Waals surface area contributed by atoms with E-state index in [-0.39, 0.29) is 5.33 Å². The molecule has 0 saturated carbocycles. The van der Waals surface area contributed by atoms with Gasteiger partial charge in [-0.3, -0.25) is 9.59 Å². The molecular weight excluding hydrogens is 424 g/mol. The lowest BCUT2D eigenvalue weighted by molar-refractivity contribution is -0.290. The lowest BCUT2D eigenvalue weighted by Crippen LogP contribution is -2.62. The van der Waals surface area contributed by atoms with E-state index >= 15 is 0 Å². The monoisotopic (exact) mass is 444 g/mol. The minimum Gasteiger partial charge on any atom is -0.454 e. The van der Waals surface area contributed by atoms with E-state index in [0.29, 0.717) is 5.56 Å². The van der Waals surface area contributed by atoms with Gasteiger partial charge in [-0.15, -0.1) is 0 Å². The lowest BCUT2D eigenvalue weighted by Gasteiger charge is -2.43. The van der Waals surface area contributed by atoms with Gasteiger partial charge in [-0.2, -0.15) is 0 Å². The summed E-state index contributed by atoms with van der Waals surface area (Å²) in [5, 5.41) is 0.268. The molecule has 1 aromatic rings. The summed E-state index contributed by atoms with van der Waals surface area (Å²) >= 11 is 3.30. The number of carbonyl (C=O) groups excluding carboxylic acids is 3. The Balaban J connectivity index is 2.34. The minimum atomic E-state index is -1.10. The number of alkyl halides is 1. The SMILES string of the molecule is CO[C@H]1O[C@@H](CBr)[C@H](OC(=O)c2ccccc2)[C@@H](OC(C)=O)[C@H]1OC(C)=O. The maximum Gasteiger partial charge on any atom is 0.338 e. The van der Waals surface area contributed by atoms with Gasteiger partial charge in [0.2, 0.25) is 0 Å². The van der Waals surface area contributed by atoms with Crippen molar-refractivity contribution in [3.8, 4) is 0 Å². The number of halogens is 1. The molecule has 0 aromatic heterocycles. The number of hydrogen-bond donors (Lipinski definition) is 0. The van der Waals surface area contributed by atoms with Crippen molar-refractivity contribution in [3.63, 3.8) is 0 Å². The molecule has 148 valence electrons. The summed E-state index contributed by atoms with van der Waals surface area (Å²) in [7, 11) is 1.37. The molecule has 1 heterocycles. The molecule has 5 atom stereocenters. The van der Waals surface area contributed by atoms with E-state index < -0.39 is 48.6 Å². The molecule has 9 heteroatoms. The second kappa shape index (κ2) is 9.82. The highest BCUT2D eigenvalue weighted by molar-refractivity contribution is 9.09. The molecule has 1 saturated heterocycles. The van der Waals surface area contributed by atoms with E-state index in [2.05, 4.69) is 15.9 Å². The summed E-state index contributed by atoms with van der Waals surface area (Å²) in [4.78, 5) is 35.7. The first-order chi connectivity index (χ1) is 12.9. The average Bonchev–Trinajstić information content (AvgIpc) is 2.64. The number of ether oxygens (including phenoxy) is 5. The van der Waals surface area contributed by atoms with E-state index in [1.54, 1.807) is 30.3 Å². The molecule has 0 amide bonds. The van der Waals surface area contributed by atoms with Crippen molar-refractivity contribution in [3.05, 3.63) is 35.9 Å². The van der Waals surface area contributed by atoms with Crippen LogP contribution in [0.3, 0.4) is 0 Å². The zero-order chi connectivity index (χ0) is 20.0. The fourth-order valence-electron chi connectivity index (χ4n) is 2.74. The Hall–Kier alpha value is -1.97. The first kappa shape index (κ1) is 21.3. The third-order valence-electron chi connectivity index (χ3n) is 3.83. The molecule has 1 aromatic carbocycles. The van der Waals surface area contributed by atoms with Crippen molar-refractivity contribution in [1.29, 1.82) is 0 Å². The predicted octanol–water partition coefficient (Wildman–Crippen LogP) is 1.84. The molecule has 1 aliphatic rings. The first-order valence-corrected chi connectivity index (χ1v) is 9.34. The molecule has 8 nitrogen and oxygen atoms in total. The Morgan fingerprint density at radius 3 is 2.07 bits per heavy atom. The van der Waals surface area contributed by atoms with E-state index in [4.69, 9.17) is 23.7 Å². The first-order valence-electron chi connectivity index (χ1n) is 8.22. The van der Waals surface area contributed by atoms with Crippen molar-refractivity contribution in [1.82, 2.24) is 0 Å². The number of benzene rings is 1. The van der Waals surface area contributed by atoms with Crippen LogP contribution in [0.5, 0.6) is 0 Å². The second-order valence-corrected chi connectivity index (χ2v) is 6.46. The van der Waals surface area contributed by atoms with Crippen LogP contribution in [0.2, 0.25) is 0 Å². The smallest absolute Gasteiger partial charge is 0.338 e. The van der Waals surface area contributed by atoms with Gasteiger partial charge in [-0.05, 0) is 12.1 Å². The maximum atomic E-state index is 12.5. The Bertz CT molecular complexity index is 665. The number of rotatable bonds is 6. The van der Waals surface area contributed by atoms with Gasteiger partial charge in [-0.1, -0.05) is 34.1 Å². The van der Waals surface area contributed by atoms with Crippen molar-refractivity contribution >= 4 is 33.8 Å². The Labute approximate surface area is 165 Å². The van der Waals surface area contributed by atoms with Gasteiger partial charge in [0.25, 0.3) is 0 Å². The molecule has 0 radical (unpaired) electrons. The van der Waals surface area contributed by atoms with Crippen LogP contribution in [0.1, 0.15) is 24.2 Å². The zero-order valence-electron chi connectivity index (χ0n) is 15.1. The van der Waals surface area contributed by atoms with Gasteiger partial charge in [0.1, 0.15) is 6.10 Å². The molecule has 0 unspecified atom stereocenters. The molecule has 1 aliphatic heterocycles. The second-order valence-electron chi connectivity index (χ2n) is 5.82. The predicted molar refractivity (Wildman–Crippen MR) is 96.2 cm³/mol. The number of methoxy groups -OCH3 is 1. The highest BCUT2D eigenvalue weighted by Crippen LogP contribution is 2.30. The standard InChI is InChI=1S/C18H21BrO8/c1-10(20)24-15-14(27-17(22)12-7-5-4-6-8-12)13(9-19)26-18(23-3)16(15)25-11(2)21/h4-8,13-16,18H,9H2,1-3H3/t13-,14-,15+,16+,18-/m0/s1. The lowest BCUT2D eigenvalue weighted by atomic mass is 9.98. The largest absolute Gasteiger partial charge is 0.454 e. The van der Waals surface area contributed by atoms with Gasteiger partial charge in [0.05, 0.1) is 5.56 Å². The highest BCUT2D eigenvalue weighted by atomic mass is 79.9. The Kier molecular flexibility index (Phi) is 7.76. The third-order valence-corrected chi connectivity index (χ3v) is 4.47. The van der Waals surface area contributed by atoms with Gasteiger partial charge >= 0.3 is 17.9 Å². The summed E-state index contributed by atoms with van der Waals surface area (Å²) in [6.07, 6.45) is -4.90. The fourth-order valence-corrected chi connectivity index (χ4v) is 3.26. The van der Waals surface area contributed by atoms with Gasteiger partial charge < -0.3 is 23.7 Å². The molecule has 0 aliphatic carbocycles. The summed E-state index contributed by atoms with van der Waals surface area (Å²) in [6, 6.07) is 8.35. The number of carbonyl (C=O) groups is 3. The van der Waals surface area contributed by atoms with Crippen molar-refractivity contribution in [2.24, 2.45) is 0 Å². The van der Waals surface area contributed by atoms with E-state index in [9.17, 15) is 14.4 Å². The molecule has 0 bridgehead atoms. The van der Waals surface area contributed by atoms with Crippen molar-refractivity contribution in [2.45, 2.75) is 44.6 Å². The molecular formula is C18H21BrO8. The van der Waals surface area contributed by atoms with Crippen LogP contribution in [-0.4, -0.2) is 61.1 Å². The Morgan fingerprint density at radius 2 is 1.56 bits per heavy atom. The summed E-state index contributed by atoms with van der Waals surface area (Å²) in [5.41, 5.74) is 0.324. The number of esters is 3. The molecule has 0 spiro atoms. The van der Waals surface area contributed by atoms with E-state index in [0.717, 1.165) is 0 Å². The average molecular weight is 445 g/mol. The van der Waals surface area contributed by atoms with Crippen LogP contribution in [0.15, 0.2) is 30.3 Å². The third kappa shape index (κ3) is 5.50. The molecule has 27 heavy (non-hydrogen) atoms. The van der Waals surface area contributed by atoms with Crippen LogP contribution in [0.25, 0.3) is 0 Å². The van der Waals surface area contributed by atoms with Crippen molar-refractivity contribution in [2.75, 3.05) is 12.4 Å². The molecule has 2 rings (SSSR count). The summed E-state index contributed by atoms with van der Waals surface area (Å²) in [6.45, 7) is 2.42. The maximum absolute atomic E-state index is 12.5. The number of hydrogen-bond acceptors (Lipinski definition) is 8. The zero-order valence-corrected chi connectivity index (χ0v) is 16.7. The van der Waals surface area contributed by atoms with Gasteiger partial charge in [0.15, 0.2) is 24.6 Å². The topological polar surface area (TPSA) is 97.4 Å². The Morgan fingerprint density at radius 1 is 0.963 bits per heavy atom. The van der Waals surface area contributed by atoms with Crippen LogP contribution in [0.4, 0.5) is 0 Å². The molecule has 1 fully saturated rings. The summed E-state index contributed by atoms with van der Waals surface area (Å²) in [5.74, 6) is -1.86. The molecule has 0 N–H and O–H groups in total. The summed E-state index contributed by atoms with van der Waals surface area (Å²) < 4.78 is 27.1. The van der Waals surface area contributed by atoms with Crippen LogP contribution in [0, 0.1) is 0 Å². The van der Waals surface area contributed by atoms with Crippen LogP contribution < -0.4 is 0 Å². The normalized spacial score (nSPS) is 27.5. The van der Waals surface area contributed by atoms with Crippen LogP contribution >= 0.6 is 15.9 Å². The minimum absolute atomic E-state index is 0.268. The van der Waals surface area contributed by atoms with Gasteiger partial charge in [0, 0.05) is 26.3 Å². The highest BCUT2D eigenvalue weighted by Gasteiger charge is 2.52. The quantitative estimate of drug-likeness (QED) is 0.372. The van der Waals surface area contributed by atoms with Crippen molar-refractivity contribution < 1.29 is 38.1 Å². The van der Waals surface area contributed by atoms with Gasteiger partial charge in [-0.25, -0.2) is 4.79 Å². The van der Waals surface area contributed by atoms with E-state index in [1.165, 1.54) is 21.0 Å². The van der Waals surface area contributed by atoms with E-state index in [1.807, 2.05) is 0 Å². The van der Waals surface area contributed by atoms with Crippen LogP contribution in [-0.2, 0) is 33.3 Å².